The third-order valence-electron chi connectivity index (χ3n) is 3.04. The summed E-state index contributed by atoms with van der Waals surface area (Å²) in [5.41, 5.74) is -2.08. The number of carbonyl (C=O) groups is 1. The molecule has 1 aromatic rings. The topological polar surface area (TPSA) is 102 Å². The highest BCUT2D eigenvalue weighted by atomic mass is 79.9. The Hall–Kier alpha value is -1.74. The molecule has 2 N–H and O–H groups in total. The van der Waals surface area contributed by atoms with Gasteiger partial charge in [-0.1, -0.05) is 0 Å². The number of anilines is 1. The van der Waals surface area contributed by atoms with Crippen molar-refractivity contribution in [3.05, 3.63) is 32.5 Å². The second-order valence-corrected chi connectivity index (χ2v) is 5.21. The lowest BCUT2D eigenvalue weighted by Gasteiger charge is -2.24. The monoisotopic (exact) mass is 348 g/mol. The molecule has 1 fully saturated rings. The van der Waals surface area contributed by atoms with E-state index in [-0.39, 0.29) is 29.8 Å². The summed E-state index contributed by atoms with van der Waals surface area (Å²) < 4.78 is 18.5. The van der Waals surface area contributed by atoms with Gasteiger partial charge in [-0.15, -0.1) is 0 Å². The summed E-state index contributed by atoms with van der Waals surface area (Å²) in [6.07, 6.45) is 0.136. The van der Waals surface area contributed by atoms with Crippen LogP contribution in [0.1, 0.15) is 6.42 Å². The van der Waals surface area contributed by atoms with Crippen LogP contribution in [0.25, 0.3) is 0 Å². The lowest BCUT2D eigenvalue weighted by atomic mass is 9.98. The first kappa shape index (κ1) is 14.7. The number of nitrogens with one attached hydrogen (secondary N) is 1. The molecule has 9 heteroatoms. The molecule has 1 aromatic carbocycles. The maximum absolute atomic E-state index is 13.5. The molecular weight excluding hydrogens is 339 g/mol. The van der Waals surface area contributed by atoms with Crippen LogP contribution in [0.3, 0.4) is 0 Å². The van der Waals surface area contributed by atoms with Crippen LogP contribution in [0.2, 0.25) is 0 Å². The molecule has 7 nitrogen and oxygen atoms in total. The number of ether oxygens (including phenoxy) is 1. The largest absolute Gasteiger partial charge is 0.479 e. The molecular formula is C11H10BrFN2O5. The normalized spacial score (nSPS) is 21.7. The highest BCUT2D eigenvalue weighted by Gasteiger charge is 2.43. The van der Waals surface area contributed by atoms with Crippen molar-refractivity contribution in [2.75, 3.05) is 18.5 Å². The molecule has 0 amide bonds. The fourth-order valence-electron chi connectivity index (χ4n) is 1.93. The van der Waals surface area contributed by atoms with E-state index in [1.165, 1.54) is 0 Å². The second kappa shape index (κ2) is 5.33. The molecule has 1 heterocycles. The number of nitro groups is 1. The van der Waals surface area contributed by atoms with Crippen LogP contribution in [0.5, 0.6) is 0 Å². The van der Waals surface area contributed by atoms with Crippen molar-refractivity contribution in [3.63, 3.8) is 0 Å². The molecule has 1 aliphatic rings. The van der Waals surface area contributed by atoms with Crippen LogP contribution >= 0.6 is 15.9 Å². The van der Waals surface area contributed by atoms with E-state index in [0.29, 0.717) is 0 Å². The van der Waals surface area contributed by atoms with Crippen molar-refractivity contribution in [2.45, 2.75) is 12.0 Å². The van der Waals surface area contributed by atoms with Gasteiger partial charge in [-0.25, -0.2) is 9.18 Å². The summed E-state index contributed by atoms with van der Waals surface area (Å²) in [5.74, 6) is -1.93. The highest BCUT2D eigenvalue weighted by Crippen LogP contribution is 2.34. The smallest absolute Gasteiger partial charge is 0.331 e. The van der Waals surface area contributed by atoms with E-state index in [9.17, 15) is 24.4 Å². The van der Waals surface area contributed by atoms with Gasteiger partial charge in [-0.05, 0) is 15.9 Å². The van der Waals surface area contributed by atoms with Crippen LogP contribution in [0, 0.1) is 15.9 Å². The molecule has 0 bridgehead atoms. The number of hydrogen-bond acceptors (Lipinski definition) is 5. The van der Waals surface area contributed by atoms with Crippen molar-refractivity contribution in [1.29, 1.82) is 0 Å². The Balaban J connectivity index is 2.44. The standard InChI is InChI=1S/C11H10BrFN2O5/c12-6-3-9(15(18)19)8(4-7(6)13)14-11(10(16)17)1-2-20-5-11/h3-4,14H,1-2,5H2,(H,16,17). The summed E-state index contributed by atoms with van der Waals surface area (Å²) in [7, 11) is 0. The lowest BCUT2D eigenvalue weighted by molar-refractivity contribution is -0.384. The molecule has 0 saturated carbocycles. The Bertz CT molecular complexity index is 574. The molecule has 20 heavy (non-hydrogen) atoms. The van der Waals surface area contributed by atoms with Gasteiger partial charge in [-0.2, -0.15) is 0 Å². The zero-order valence-corrected chi connectivity index (χ0v) is 11.6. The average Bonchev–Trinajstić information content (AvgIpc) is 2.83. The SMILES string of the molecule is O=C(O)C1(Nc2cc(F)c(Br)cc2[N+](=O)[O-])CCOC1. The Morgan fingerprint density at radius 2 is 2.30 bits per heavy atom. The minimum absolute atomic E-state index is 0.0678. The van der Waals surface area contributed by atoms with Gasteiger partial charge in [0.2, 0.25) is 0 Å². The lowest BCUT2D eigenvalue weighted by Crippen LogP contribution is -2.47. The van der Waals surface area contributed by atoms with Gasteiger partial charge >= 0.3 is 5.97 Å². The van der Waals surface area contributed by atoms with Crippen LogP contribution in [0.15, 0.2) is 16.6 Å². The predicted molar refractivity (Wildman–Crippen MR) is 70.2 cm³/mol. The number of nitrogens with zero attached hydrogens (tertiary/aromatic N) is 1. The number of benzene rings is 1. The third kappa shape index (κ3) is 2.59. The second-order valence-electron chi connectivity index (χ2n) is 4.36. The van der Waals surface area contributed by atoms with Gasteiger partial charge in [0.25, 0.3) is 5.69 Å². The van der Waals surface area contributed by atoms with Crippen molar-refractivity contribution in [3.8, 4) is 0 Å². The molecule has 0 aliphatic carbocycles. The van der Waals surface area contributed by atoms with Crippen LogP contribution in [-0.2, 0) is 9.53 Å². The van der Waals surface area contributed by atoms with Crippen LogP contribution < -0.4 is 5.32 Å². The quantitative estimate of drug-likeness (QED) is 0.638. The van der Waals surface area contributed by atoms with Gasteiger partial charge in [0, 0.05) is 25.2 Å². The first-order chi connectivity index (χ1) is 9.35. The van der Waals surface area contributed by atoms with Crippen molar-refractivity contribution in [2.24, 2.45) is 0 Å². The molecule has 2 rings (SSSR count). The van der Waals surface area contributed by atoms with E-state index in [4.69, 9.17) is 4.74 Å². The minimum Gasteiger partial charge on any atom is -0.479 e. The number of carboxylic acids is 1. The number of rotatable bonds is 4. The Labute approximate surface area is 121 Å². The fraction of sp³-hybridized carbons (Fsp3) is 0.364. The Morgan fingerprint density at radius 1 is 1.60 bits per heavy atom. The van der Waals surface area contributed by atoms with Crippen molar-refractivity contribution in [1.82, 2.24) is 0 Å². The highest BCUT2D eigenvalue weighted by molar-refractivity contribution is 9.10. The minimum atomic E-state index is -1.48. The molecule has 0 aromatic heterocycles. The molecule has 0 spiro atoms. The summed E-state index contributed by atoms with van der Waals surface area (Å²) in [6.45, 7) is 0.0727. The number of carboxylic acid groups (broad SMARTS) is 1. The van der Waals surface area contributed by atoms with E-state index in [1.807, 2.05) is 0 Å². The third-order valence-corrected chi connectivity index (χ3v) is 3.65. The fourth-order valence-corrected chi connectivity index (χ4v) is 2.26. The molecule has 108 valence electrons. The average molecular weight is 349 g/mol. The zero-order chi connectivity index (χ0) is 14.9. The predicted octanol–water partition coefficient (Wildman–Crippen LogP) is 2.15. The van der Waals surface area contributed by atoms with Crippen LogP contribution in [0.4, 0.5) is 15.8 Å². The number of nitro benzene ring substituents is 1. The molecule has 1 aliphatic heterocycles. The van der Waals surface area contributed by atoms with E-state index in [2.05, 4.69) is 21.2 Å². The molecule has 1 atom stereocenters. The first-order valence-corrected chi connectivity index (χ1v) is 6.38. The van der Waals surface area contributed by atoms with Gasteiger partial charge in [0.05, 0.1) is 16.0 Å². The van der Waals surface area contributed by atoms with Crippen LogP contribution in [-0.4, -0.2) is 34.8 Å². The van der Waals surface area contributed by atoms with E-state index >= 15 is 0 Å². The number of hydrogen-bond donors (Lipinski definition) is 2. The van der Waals surface area contributed by atoms with E-state index in [1.54, 1.807) is 0 Å². The summed E-state index contributed by atoms with van der Waals surface area (Å²) in [6, 6.07) is 1.88. The maximum Gasteiger partial charge on any atom is 0.331 e. The van der Waals surface area contributed by atoms with Gasteiger partial charge < -0.3 is 15.2 Å². The molecule has 1 unspecified atom stereocenters. The number of aliphatic carboxylic acids is 1. The molecule has 0 radical (unpaired) electrons. The summed E-state index contributed by atoms with van der Waals surface area (Å²) in [5, 5.41) is 22.8. The first-order valence-electron chi connectivity index (χ1n) is 5.58. The van der Waals surface area contributed by atoms with Gasteiger partial charge in [0.15, 0.2) is 5.54 Å². The van der Waals surface area contributed by atoms with Crippen molar-refractivity contribution < 1.29 is 24.0 Å². The van der Waals surface area contributed by atoms with Gasteiger partial charge in [-0.3, -0.25) is 10.1 Å². The zero-order valence-electron chi connectivity index (χ0n) is 10.1. The van der Waals surface area contributed by atoms with Gasteiger partial charge in [0.1, 0.15) is 11.5 Å². The van der Waals surface area contributed by atoms with E-state index in [0.717, 1.165) is 12.1 Å². The number of halogens is 2. The Kier molecular flexibility index (Phi) is 3.91. The van der Waals surface area contributed by atoms with E-state index < -0.39 is 27.9 Å². The summed E-state index contributed by atoms with van der Waals surface area (Å²) in [4.78, 5) is 21.6. The van der Waals surface area contributed by atoms with Crippen molar-refractivity contribution >= 4 is 33.3 Å². The maximum atomic E-state index is 13.5. The molecule has 1 saturated heterocycles. The Morgan fingerprint density at radius 3 is 2.80 bits per heavy atom. The summed E-state index contributed by atoms with van der Waals surface area (Å²) >= 11 is 2.86.